The number of aryl methyl sites for hydroxylation is 1. The molecule has 1 aliphatic carbocycles. The third-order valence-electron chi connectivity index (χ3n) is 5.58. The maximum Gasteiger partial charge on any atom is 0.259 e. The zero-order valence-electron chi connectivity index (χ0n) is 14.1. The summed E-state index contributed by atoms with van der Waals surface area (Å²) in [5.41, 5.74) is 8.77. The molecule has 0 unspecified atom stereocenters. The van der Waals surface area contributed by atoms with E-state index in [1.807, 2.05) is 42.2 Å². The second kappa shape index (κ2) is 5.96. The molecule has 5 nitrogen and oxygen atoms in total. The van der Waals surface area contributed by atoms with Gasteiger partial charge in [-0.1, -0.05) is 36.8 Å². The number of hydrogen-bond acceptors (Lipinski definition) is 3. The number of hydrogen-bond donors (Lipinski definition) is 1. The highest BCUT2D eigenvalue weighted by Crippen LogP contribution is 2.39. The van der Waals surface area contributed by atoms with Crippen molar-refractivity contribution >= 4 is 11.7 Å². The molecule has 126 valence electrons. The molecule has 2 atom stereocenters. The topological polar surface area (TPSA) is 64.2 Å². The van der Waals surface area contributed by atoms with E-state index in [2.05, 4.69) is 5.10 Å². The van der Waals surface area contributed by atoms with Crippen molar-refractivity contribution in [2.45, 2.75) is 45.2 Å². The summed E-state index contributed by atoms with van der Waals surface area (Å²) in [5, 5.41) is 4.53. The van der Waals surface area contributed by atoms with Gasteiger partial charge in [-0.15, -0.1) is 0 Å². The van der Waals surface area contributed by atoms with Gasteiger partial charge in [-0.2, -0.15) is 5.10 Å². The fraction of sp³-hybridized carbons (Fsp3) is 0.474. The van der Waals surface area contributed by atoms with Gasteiger partial charge in [0.15, 0.2) is 0 Å². The Hall–Kier alpha value is -2.30. The van der Waals surface area contributed by atoms with Crippen molar-refractivity contribution in [1.82, 2.24) is 14.7 Å². The Morgan fingerprint density at radius 2 is 2.04 bits per heavy atom. The Morgan fingerprint density at radius 3 is 2.83 bits per heavy atom. The van der Waals surface area contributed by atoms with Crippen LogP contribution in [-0.2, 0) is 6.54 Å². The molecule has 24 heavy (non-hydrogen) atoms. The zero-order chi connectivity index (χ0) is 16.7. The Morgan fingerprint density at radius 1 is 1.25 bits per heavy atom. The van der Waals surface area contributed by atoms with Crippen LogP contribution in [0.15, 0.2) is 30.3 Å². The summed E-state index contributed by atoms with van der Waals surface area (Å²) in [5.74, 6) is 1.25. The van der Waals surface area contributed by atoms with E-state index in [9.17, 15) is 4.79 Å². The van der Waals surface area contributed by atoms with Gasteiger partial charge in [-0.3, -0.25) is 4.79 Å². The van der Waals surface area contributed by atoms with Crippen LogP contribution in [0.3, 0.4) is 0 Å². The lowest BCUT2D eigenvalue weighted by atomic mass is 10.0. The number of likely N-dealkylation sites (tertiary alicyclic amines) is 1. The number of carbonyl (C=O) groups is 1. The molecule has 1 aromatic carbocycles. The van der Waals surface area contributed by atoms with Crippen molar-refractivity contribution in [3.05, 3.63) is 47.2 Å². The van der Waals surface area contributed by atoms with Gasteiger partial charge in [0, 0.05) is 12.6 Å². The Labute approximate surface area is 142 Å². The van der Waals surface area contributed by atoms with Crippen LogP contribution in [0.25, 0.3) is 0 Å². The molecule has 2 N–H and O–H groups in total. The Kier molecular flexibility index (Phi) is 3.79. The number of benzene rings is 1. The molecule has 1 aliphatic heterocycles. The molecule has 2 aliphatic rings. The van der Waals surface area contributed by atoms with Gasteiger partial charge in [0.25, 0.3) is 5.91 Å². The monoisotopic (exact) mass is 324 g/mol. The molecule has 4 rings (SSSR count). The molecule has 0 spiro atoms. The van der Waals surface area contributed by atoms with E-state index in [4.69, 9.17) is 5.73 Å². The lowest BCUT2D eigenvalue weighted by Gasteiger charge is -2.24. The minimum atomic E-state index is 0.0683. The summed E-state index contributed by atoms with van der Waals surface area (Å²) in [6.07, 6.45) is 4.76. The standard InChI is InChI=1S/C19H24N4O/c1-13-17(19(24)22-11-10-15-8-5-9-16(15)22)18(20)23(21-13)12-14-6-3-2-4-7-14/h2-4,6-7,15-16H,5,8-12,20H2,1H3/t15-,16-/m0/s1. The number of anilines is 1. The molecule has 2 aromatic rings. The number of fused-ring (bicyclic) bond motifs is 1. The maximum atomic E-state index is 13.1. The van der Waals surface area contributed by atoms with Crippen molar-refractivity contribution in [3.8, 4) is 0 Å². The normalized spacial score (nSPS) is 22.8. The summed E-state index contributed by atoms with van der Waals surface area (Å²) in [7, 11) is 0. The van der Waals surface area contributed by atoms with Crippen LogP contribution in [-0.4, -0.2) is 33.2 Å². The molecule has 1 amide bonds. The Bertz CT molecular complexity index is 752. The molecule has 1 aromatic heterocycles. The van der Waals surface area contributed by atoms with E-state index >= 15 is 0 Å². The number of amides is 1. The number of rotatable bonds is 3. The first-order valence-corrected chi connectivity index (χ1v) is 8.83. The zero-order valence-corrected chi connectivity index (χ0v) is 14.1. The van der Waals surface area contributed by atoms with Gasteiger partial charge < -0.3 is 10.6 Å². The number of carbonyl (C=O) groups excluding carboxylic acids is 1. The van der Waals surface area contributed by atoms with Crippen molar-refractivity contribution in [3.63, 3.8) is 0 Å². The van der Waals surface area contributed by atoms with Crippen LogP contribution in [0, 0.1) is 12.8 Å². The third-order valence-corrected chi connectivity index (χ3v) is 5.58. The van der Waals surface area contributed by atoms with E-state index in [-0.39, 0.29) is 5.91 Å². The number of nitrogens with two attached hydrogens (primary N) is 1. The SMILES string of the molecule is Cc1nn(Cc2ccccc2)c(N)c1C(=O)N1CC[C@@H]2CCC[C@@H]21. The third kappa shape index (κ3) is 2.48. The van der Waals surface area contributed by atoms with Crippen LogP contribution in [0.4, 0.5) is 5.82 Å². The highest BCUT2D eigenvalue weighted by Gasteiger charge is 2.41. The molecule has 5 heteroatoms. The minimum Gasteiger partial charge on any atom is -0.383 e. The minimum absolute atomic E-state index is 0.0683. The van der Waals surface area contributed by atoms with Crippen LogP contribution in [0.2, 0.25) is 0 Å². The van der Waals surface area contributed by atoms with E-state index in [1.165, 1.54) is 12.8 Å². The number of nitrogen functional groups attached to an aromatic ring is 1. The molecule has 1 saturated heterocycles. The van der Waals surface area contributed by atoms with E-state index in [0.717, 1.165) is 30.6 Å². The van der Waals surface area contributed by atoms with Crippen LogP contribution in [0.5, 0.6) is 0 Å². The van der Waals surface area contributed by atoms with Crippen molar-refractivity contribution < 1.29 is 4.79 Å². The van der Waals surface area contributed by atoms with Crippen molar-refractivity contribution in [2.75, 3.05) is 12.3 Å². The second-order valence-electron chi connectivity index (χ2n) is 7.03. The van der Waals surface area contributed by atoms with Gasteiger partial charge in [0.05, 0.1) is 12.2 Å². The van der Waals surface area contributed by atoms with Gasteiger partial charge in [-0.05, 0) is 37.7 Å². The highest BCUT2D eigenvalue weighted by molar-refractivity contribution is 6.00. The van der Waals surface area contributed by atoms with Crippen LogP contribution in [0.1, 0.15) is 47.3 Å². The summed E-state index contributed by atoms with van der Waals surface area (Å²) in [6.45, 7) is 3.33. The Balaban J connectivity index is 1.60. The first-order chi connectivity index (χ1) is 11.6. The van der Waals surface area contributed by atoms with E-state index in [1.54, 1.807) is 4.68 Å². The fourth-order valence-corrected chi connectivity index (χ4v) is 4.37. The van der Waals surface area contributed by atoms with Gasteiger partial charge in [-0.25, -0.2) is 4.68 Å². The largest absolute Gasteiger partial charge is 0.383 e. The molecule has 2 heterocycles. The summed E-state index contributed by atoms with van der Waals surface area (Å²) in [6, 6.07) is 10.5. The van der Waals surface area contributed by atoms with Crippen LogP contribution < -0.4 is 5.73 Å². The van der Waals surface area contributed by atoms with Gasteiger partial charge in [0.1, 0.15) is 11.4 Å². The maximum absolute atomic E-state index is 13.1. The van der Waals surface area contributed by atoms with Crippen molar-refractivity contribution in [2.24, 2.45) is 5.92 Å². The highest BCUT2D eigenvalue weighted by atomic mass is 16.2. The van der Waals surface area contributed by atoms with Crippen LogP contribution >= 0.6 is 0 Å². The molecule has 1 saturated carbocycles. The molecule has 2 fully saturated rings. The average Bonchev–Trinajstić information content (AvgIpc) is 3.24. The second-order valence-corrected chi connectivity index (χ2v) is 7.03. The summed E-state index contributed by atoms with van der Waals surface area (Å²) >= 11 is 0. The molecule has 0 bridgehead atoms. The predicted octanol–water partition coefficient (Wildman–Crippen LogP) is 2.84. The quantitative estimate of drug-likeness (QED) is 0.944. The fourth-order valence-electron chi connectivity index (χ4n) is 4.37. The smallest absolute Gasteiger partial charge is 0.259 e. The van der Waals surface area contributed by atoms with Gasteiger partial charge in [0.2, 0.25) is 0 Å². The van der Waals surface area contributed by atoms with Crippen molar-refractivity contribution in [1.29, 1.82) is 0 Å². The van der Waals surface area contributed by atoms with E-state index < -0.39 is 0 Å². The van der Waals surface area contributed by atoms with Gasteiger partial charge >= 0.3 is 0 Å². The van der Waals surface area contributed by atoms with E-state index in [0.29, 0.717) is 29.9 Å². The predicted molar refractivity (Wildman–Crippen MR) is 93.7 cm³/mol. The first kappa shape index (κ1) is 15.2. The lowest BCUT2D eigenvalue weighted by Crippen LogP contribution is -2.36. The molecular weight excluding hydrogens is 300 g/mol. The summed E-state index contributed by atoms with van der Waals surface area (Å²) in [4.78, 5) is 15.1. The summed E-state index contributed by atoms with van der Waals surface area (Å²) < 4.78 is 1.75. The first-order valence-electron chi connectivity index (χ1n) is 8.83. The number of aromatic nitrogens is 2. The lowest BCUT2D eigenvalue weighted by molar-refractivity contribution is 0.0729. The molecule has 0 radical (unpaired) electrons. The average molecular weight is 324 g/mol. The molecular formula is C19H24N4O. The number of nitrogens with zero attached hydrogens (tertiary/aromatic N) is 3.